The van der Waals surface area contributed by atoms with E-state index in [0.29, 0.717) is 12.8 Å². The van der Waals surface area contributed by atoms with Gasteiger partial charge in [-0.2, -0.15) is 16.8 Å². The molecule has 0 aliphatic carbocycles. The highest BCUT2D eigenvalue weighted by atomic mass is 32.3. The van der Waals surface area contributed by atoms with Crippen LogP contribution in [0.5, 0.6) is 0 Å². The zero-order valence-electron chi connectivity index (χ0n) is 30.7. The molecule has 0 bridgehead atoms. The normalized spacial score (nSPS) is 12.6. The van der Waals surface area contributed by atoms with Gasteiger partial charge in [-0.3, -0.25) is 17.5 Å². The van der Waals surface area contributed by atoms with E-state index in [0.717, 1.165) is 34.9 Å². The molecule has 0 aromatic heterocycles. The molecule has 288 valence electrons. The van der Waals surface area contributed by atoms with Gasteiger partial charge in [0.05, 0.1) is 63.9 Å². The number of rotatable bonds is 28. The first-order chi connectivity index (χ1) is 21.8. The molecule has 0 spiro atoms. The Morgan fingerprint density at radius 2 is 0.553 bits per heavy atom. The van der Waals surface area contributed by atoms with Crippen molar-refractivity contribution in [2.75, 3.05) is 63.9 Å². The van der Waals surface area contributed by atoms with E-state index in [1.807, 2.05) is 0 Å². The van der Waals surface area contributed by atoms with Gasteiger partial charge in [0.25, 0.3) is 20.2 Å². The molecule has 0 aromatic rings. The van der Waals surface area contributed by atoms with Crippen molar-refractivity contribution in [1.29, 1.82) is 0 Å². The van der Waals surface area contributed by atoms with Gasteiger partial charge in [-0.15, -0.1) is 0 Å². The van der Waals surface area contributed by atoms with Gasteiger partial charge in [-0.25, -0.2) is 0 Å². The molecule has 0 saturated carbocycles. The second kappa shape index (κ2) is 29.4. The molecule has 47 heavy (non-hydrogen) atoms. The minimum absolute atomic E-state index is 0.0949. The summed E-state index contributed by atoms with van der Waals surface area (Å²) in [6, 6.07) is 0. The Hall–Kier alpha value is -0.390. The van der Waals surface area contributed by atoms with Gasteiger partial charge in [0.2, 0.25) is 0 Å². The van der Waals surface area contributed by atoms with Crippen LogP contribution in [0.1, 0.15) is 144 Å². The average molecular weight is 741 g/mol. The molecule has 0 unspecified atom stereocenters. The molecule has 12 nitrogen and oxygen atoms in total. The fourth-order valence-electron chi connectivity index (χ4n) is 5.77. The maximum Gasteiger partial charge on any atom is 0.264 e. The minimum Gasteiger partial charge on any atom is -0.759 e. The van der Waals surface area contributed by atoms with E-state index in [2.05, 4.69) is 41.5 Å². The Bertz CT molecular complexity index is 918. The van der Waals surface area contributed by atoms with Crippen LogP contribution in [0.3, 0.4) is 0 Å². The standard InChI is InChI=1S/2C16H35NO3S.H2O4S/c2*1-4-7-12-17(13-8-5-2,14-9-6-3)15-10-11-16-21(18,19)20;1-5(2,3)4/h2*4-16H2,1-3H3;(H2,1,2,3,4). The monoisotopic (exact) mass is 740 g/mol. The van der Waals surface area contributed by atoms with Crippen LogP contribution in [0.25, 0.3) is 0 Å². The van der Waals surface area contributed by atoms with E-state index in [1.54, 1.807) is 0 Å². The Labute approximate surface area is 290 Å². The van der Waals surface area contributed by atoms with Crippen molar-refractivity contribution in [3.05, 3.63) is 0 Å². The van der Waals surface area contributed by atoms with Crippen LogP contribution in [-0.4, -0.2) is 116 Å². The van der Waals surface area contributed by atoms with E-state index >= 15 is 0 Å². The lowest BCUT2D eigenvalue weighted by molar-refractivity contribution is -0.929. The van der Waals surface area contributed by atoms with Crippen molar-refractivity contribution in [1.82, 2.24) is 0 Å². The van der Waals surface area contributed by atoms with E-state index in [4.69, 9.17) is 26.6 Å². The quantitative estimate of drug-likeness (QED) is 0.0393. The SMILES string of the molecule is CCCC[N+](CCCC)(CCCC)CCCCS(=O)(=O)O.CCCC[N+](CCCC)(CCCC)CCCCS(=O)(=O)O.O=S(=O)([O-])[O-]. The summed E-state index contributed by atoms with van der Waals surface area (Å²) < 4.78 is 97.3. The van der Waals surface area contributed by atoms with E-state index < -0.39 is 30.6 Å². The van der Waals surface area contributed by atoms with Crippen LogP contribution in [0.15, 0.2) is 0 Å². The molecule has 0 amide bonds. The molecule has 2 N–H and O–H groups in total. The fourth-order valence-corrected chi connectivity index (χ4v) is 6.90. The van der Waals surface area contributed by atoms with Crippen LogP contribution >= 0.6 is 0 Å². The van der Waals surface area contributed by atoms with Crippen LogP contribution < -0.4 is 0 Å². The van der Waals surface area contributed by atoms with Gasteiger partial charge < -0.3 is 18.1 Å². The molecular weight excluding hydrogens is 669 g/mol. The summed E-state index contributed by atoms with van der Waals surface area (Å²) in [6.07, 6.45) is 17.6. The lowest BCUT2D eigenvalue weighted by Gasteiger charge is -2.39. The lowest BCUT2D eigenvalue weighted by atomic mass is 10.1. The molecule has 0 aliphatic heterocycles. The van der Waals surface area contributed by atoms with Crippen molar-refractivity contribution >= 4 is 30.6 Å². The highest BCUT2D eigenvalue weighted by molar-refractivity contribution is 7.86. The fraction of sp³-hybridized carbons (Fsp3) is 1.00. The van der Waals surface area contributed by atoms with E-state index in [1.165, 1.54) is 116 Å². The van der Waals surface area contributed by atoms with Gasteiger partial charge in [0, 0.05) is 10.4 Å². The minimum atomic E-state index is -5.17. The molecule has 0 aromatic carbocycles. The summed E-state index contributed by atoms with van der Waals surface area (Å²) in [6.45, 7) is 22.7. The lowest BCUT2D eigenvalue weighted by Crippen LogP contribution is -2.50. The number of hydrogen-bond acceptors (Lipinski definition) is 8. The van der Waals surface area contributed by atoms with Crippen LogP contribution in [0.2, 0.25) is 0 Å². The maximum absolute atomic E-state index is 10.8. The molecule has 0 fully saturated rings. The molecule has 0 saturated heterocycles. The summed E-state index contributed by atoms with van der Waals surface area (Å²) in [5.74, 6) is -0.190. The number of quaternary nitrogens is 2. The Balaban J connectivity index is -0.000000719. The summed E-state index contributed by atoms with van der Waals surface area (Å²) in [7, 11) is -12.8. The number of hydrogen-bond donors (Lipinski definition) is 2. The smallest absolute Gasteiger partial charge is 0.264 e. The van der Waals surface area contributed by atoms with Gasteiger partial charge in [-0.05, 0) is 64.2 Å². The molecule has 15 heteroatoms. The summed E-state index contributed by atoms with van der Waals surface area (Å²) in [4.78, 5) is 0. The Morgan fingerprint density at radius 3 is 0.702 bits per heavy atom. The number of nitrogens with zero attached hydrogens (tertiary/aromatic N) is 2. The Morgan fingerprint density at radius 1 is 0.383 bits per heavy atom. The van der Waals surface area contributed by atoms with Crippen molar-refractivity contribution in [2.24, 2.45) is 0 Å². The summed E-state index contributed by atoms with van der Waals surface area (Å²) in [5, 5.41) is 0. The molecule has 0 heterocycles. The first kappa shape index (κ1) is 51.0. The average Bonchev–Trinajstić information content (AvgIpc) is 2.97. The molecule has 0 rings (SSSR count). The van der Waals surface area contributed by atoms with E-state index in [-0.39, 0.29) is 11.5 Å². The van der Waals surface area contributed by atoms with Crippen molar-refractivity contribution in [3.63, 3.8) is 0 Å². The van der Waals surface area contributed by atoms with Gasteiger partial charge >= 0.3 is 0 Å². The summed E-state index contributed by atoms with van der Waals surface area (Å²) in [5.41, 5.74) is 0. The first-order valence-electron chi connectivity index (χ1n) is 18.0. The zero-order chi connectivity index (χ0) is 36.9. The predicted octanol–water partition coefficient (Wildman–Crippen LogP) is 6.41. The third-order valence-electron chi connectivity index (χ3n) is 8.49. The van der Waals surface area contributed by atoms with E-state index in [9.17, 15) is 16.8 Å². The highest BCUT2D eigenvalue weighted by Gasteiger charge is 2.26. The van der Waals surface area contributed by atoms with Crippen molar-refractivity contribution in [2.45, 2.75) is 144 Å². The highest BCUT2D eigenvalue weighted by Crippen LogP contribution is 2.18. The maximum atomic E-state index is 10.8. The van der Waals surface area contributed by atoms with Gasteiger partial charge in [0.15, 0.2) is 0 Å². The second-order valence-corrected chi connectivity index (χ2v) is 16.9. The van der Waals surface area contributed by atoms with Crippen LogP contribution in [0.4, 0.5) is 0 Å². The largest absolute Gasteiger partial charge is 0.759 e. The third kappa shape index (κ3) is 38.3. The van der Waals surface area contributed by atoms with Crippen molar-refractivity contribution < 1.29 is 52.4 Å². The molecular formula is C32H72N2O10S3. The Kier molecular flexibility index (Phi) is 31.8. The van der Waals surface area contributed by atoms with Crippen LogP contribution in [-0.2, 0) is 30.6 Å². The molecule has 0 aliphatic rings. The third-order valence-corrected chi connectivity index (χ3v) is 10.1. The zero-order valence-corrected chi connectivity index (χ0v) is 33.1. The molecule has 0 atom stereocenters. The second-order valence-electron chi connectivity index (χ2n) is 13.0. The van der Waals surface area contributed by atoms with Crippen LogP contribution in [0, 0.1) is 0 Å². The molecule has 0 radical (unpaired) electrons. The van der Waals surface area contributed by atoms with Crippen molar-refractivity contribution in [3.8, 4) is 0 Å². The summed E-state index contributed by atoms with van der Waals surface area (Å²) >= 11 is 0. The van der Waals surface area contributed by atoms with Gasteiger partial charge in [-0.1, -0.05) is 80.1 Å². The topological polar surface area (TPSA) is 189 Å². The number of unbranched alkanes of at least 4 members (excludes halogenated alkanes) is 8. The first-order valence-corrected chi connectivity index (χ1v) is 22.6. The predicted molar refractivity (Wildman–Crippen MR) is 191 cm³/mol. The van der Waals surface area contributed by atoms with Gasteiger partial charge in [0.1, 0.15) is 0 Å².